The molecule has 0 saturated heterocycles. The molecule has 0 spiro atoms. The summed E-state index contributed by atoms with van der Waals surface area (Å²) in [4.78, 5) is 11.0. The van der Waals surface area contributed by atoms with Gasteiger partial charge in [0, 0.05) is 7.05 Å². The molecule has 0 aliphatic carbocycles. The quantitative estimate of drug-likeness (QED) is 0.895. The molecule has 1 N–H and O–H groups in total. The van der Waals surface area contributed by atoms with Gasteiger partial charge < -0.3 is 9.84 Å². The second kappa shape index (κ2) is 5.56. The first-order chi connectivity index (χ1) is 9.11. The Labute approximate surface area is 111 Å². The van der Waals surface area contributed by atoms with Crippen LogP contribution in [0.3, 0.4) is 0 Å². The predicted octanol–water partition coefficient (Wildman–Crippen LogP) is 2.26. The van der Waals surface area contributed by atoms with Crippen LogP contribution in [0.4, 0.5) is 0 Å². The van der Waals surface area contributed by atoms with E-state index >= 15 is 0 Å². The first kappa shape index (κ1) is 13.1. The van der Waals surface area contributed by atoms with E-state index < -0.39 is 5.97 Å². The van der Waals surface area contributed by atoms with Crippen molar-refractivity contribution in [3.05, 3.63) is 47.3 Å². The number of hydrogen-bond donors (Lipinski definition) is 1. The van der Waals surface area contributed by atoms with Gasteiger partial charge in [0.15, 0.2) is 0 Å². The number of carboxylic acids is 1. The first-order valence-electron chi connectivity index (χ1n) is 6.07. The monoisotopic (exact) mass is 260 g/mol. The maximum Gasteiger partial charge on any atom is 0.339 e. The number of rotatable bonds is 5. The smallest absolute Gasteiger partial charge is 0.339 e. The molecule has 5 heteroatoms. The van der Waals surface area contributed by atoms with Crippen LogP contribution in [0.1, 0.15) is 28.5 Å². The van der Waals surface area contributed by atoms with Gasteiger partial charge in [-0.05, 0) is 24.1 Å². The van der Waals surface area contributed by atoms with Gasteiger partial charge in [-0.2, -0.15) is 5.10 Å². The number of benzene rings is 1. The van der Waals surface area contributed by atoms with E-state index in [0.29, 0.717) is 5.69 Å². The average Bonchev–Trinajstić information content (AvgIpc) is 2.78. The Morgan fingerprint density at radius 3 is 2.63 bits per heavy atom. The van der Waals surface area contributed by atoms with Gasteiger partial charge in [0.05, 0.1) is 11.9 Å². The van der Waals surface area contributed by atoms with Crippen molar-refractivity contribution in [1.29, 1.82) is 0 Å². The minimum atomic E-state index is -0.993. The first-order valence-corrected chi connectivity index (χ1v) is 6.07. The maximum atomic E-state index is 11.0. The molecule has 0 unspecified atom stereocenters. The van der Waals surface area contributed by atoms with Crippen LogP contribution in [0.25, 0.3) is 0 Å². The molecule has 2 rings (SSSR count). The van der Waals surface area contributed by atoms with Gasteiger partial charge in [-0.1, -0.05) is 19.1 Å². The summed E-state index contributed by atoms with van der Waals surface area (Å²) in [6, 6.07) is 7.76. The summed E-state index contributed by atoms with van der Waals surface area (Å²) in [5.41, 5.74) is 1.96. The lowest BCUT2D eigenvalue weighted by Crippen LogP contribution is -2.08. The molecule has 0 atom stereocenters. The van der Waals surface area contributed by atoms with E-state index in [-0.39, 0.29) is 12.2 Å². The number of aromatic nitrogens is 2. The third-order valence-corrected chi connectivity index (χ3v) is 3.00. The van der Waals surface area contributed by atoms with Crippen LogP contribution in [0, 0.1) is 0 Å². The molecule has 0 bridgehead atoms. The third-order valence-electron chi connectivity index (χ3n) is 3.00. The molecule has 1 aromatic carbocycles. The van der Waals surface area contributed by atoms with Crippen molar-refractivity contribution in [2.45, 2.75) is 20.0 Å². The summed E-state index contributed by atoms with van der Waals surface area (Å²) in [5, 5.41) is 13.0. The number of ether oxygens (including phenoxy) is 1. The molecule has 0 aliphatic rings. The summed E-state index contributed by atoms with van der Waals surface area (Å²) >= 11 is 0. The number of hydrogen-bond acceptors (Lipinski definition) is 3. The normalized spacial score (nSPS) is 10.4. The zero-order chi connectivity index (χ0) is 13.8. The highest BCUT2D eigenvalue weighted by molar-refractivity contribution is 5.88. The van der Waals surface area contributed by atoms with Gasteiger partial charge in [-0.25, -0.2) is 4.79 Å². The van der Waals surface area contributed by atoms with Crippen molar-refractivity contribution in [3.63, 3.8) is 0 Å². The second-order valence-corrected chi connectivity index (χ2v) is 4.22. The van der Waals surface area contributed by atoms with Gasteiger partial charge in [-0.15, -0.1) is 0 Å². The van der Waals surface area contributed by atoms with Crippen LogP contribution >= 0.6 is 0 Å². The van der Waals surface area contributed by atoms with E-state index in [9.17, 15) is 4.79 Å². The fraction of sp³-hybridized carbons (Fsp3) is 0.286. The molecule has 0 aliphatic heterocycles. The summed E-state index contributed by atoms with van der Waals surface area (Å²) < 4.78 is 7.12. The van der Waals surface area contributed by atoms with Crippen LogP contribution in [-0.4, -0.2) is 20.9 Å². The zero-order valence-electron chi connectivity index (χ0n) is 11.0. The van der Waals surface area contributed by atoms with Gasteiger partial charge in [0.25, 0.3) is 0 Å². The van der Waals surface area contributed by atoms with Crippen molar-refractivity contribution in [3.8, 4) is 5.75 Å². The Balaban J connectivity index is 2.09. The van der Waals surface area contributed by atoms with E-state index in [0.717, 1.165) is 12.2 Å². The van der Waals surface area contributed by atoms with Crippen molar-refractivity contribution >= 4 is 5.97 Å². The van der Waals surface area contributed by atoms with Crippen molar-refractivity contribution in [2.24, 2.45) is 7.05 Å². The Morgan fingerprint density at radius 2 is 2.05 bits per heavy atom. The molecule has 1 aromatic heterocycles. The van der Waals surface area contributed by atoms with Crippen molar-refractivity contribution in [1.82, 2.24) is 9.78 Å². The van der Waals surface area contributed by atoms with Gasteiger partial charge in [0.2, 0.25) is 0 Å². The minimum Gasteiger partial charge on any atom is -0.487 e. The molecule has 0 fully saturated rings. The Morgan fingerprint density at radius 1 is 1.37 bits per heavy atom. The van der Waals surface area contributed by atoms with Crippen LogP contribution in [0.5, 0.6) is 5.75 Å². The van der Waals surface area contributed by atoms with Crippen molar-refractivity contribution < 1.29 is 14.6 Å². The standard InChI is InChI=1S/C14H16N2O3/c1-3-10-4-6-11(7-5-10)19-9-13-12(14(17)18)8-15-16(13)2/h4-8H,3,9H2,1-2H3,(H,17,18). The van der Waals surface area contributed by atoms with Gasteiger partial charge in [0.1, 0.15) is 17.9 Å². The highest BCUT2D eigenvalue weighted by Gasteiger charge is 2.15. The molecule has 0 saturated carbocycles. The topological polar surface area (TPSA) is 64.3 Å². The average molecular weight is 260 g/mol. The summed E-state index contributed by atoms with van der Waals surface area (Å²) in [6.07, 6.45) is 2.31. The second-order valence-electron chi connectivity index (χ2n) is 4.22. The molecule has 1 heterocycles. The fourth-order valence-electron chi connectivity index (χ4n) is 1.79. The van der Waals surface area contributed by atoms with E-state index in [1.54, 1.807) is 7.05 Å². The number of carbonyl (C=O) groups is 1. The lowest BCUT2D eigenvalue weighted by atomic mass is 10.2. The maximum absolute atomic E-state index is 11.0. The van der Waals surface area contributed by atoms with E-state index in [4.69, 9.17) is 9.84 Å². The number of nitrogens with zero attached hydrogens (tertiary/aromatic N) is 2. The molecule has 0 radical (unpaired) electrons. The number of aromatic carboxylic acids is 1. The lowest BCUT2D eigenvalue weighted by Gasteiger charge is -2.08. The van der Waals surface area contributed by atoms with E-state index in [1.165, 1.54) is 16.4 Å². The SMILES string of the molecule is CCc1ccc(OCc2c(C(=O)O)cnn2C)cc1. The summed E-state index contributed by atoms with van der Waals surface area (Å²) in [7, 11) is 1.70. The van der Waals surface area contributed by atoms with E-state index in [2.05, 4.69) is 12.0 Å². The predicted molar refractivity (Wildman–Crippen MR) is 70.3 cm³/mol. The largest absolute Gasteiger partial charge is 0.487 e. The highest BCUT2D eigenvalue weighted by atomic mass is 16.5. The fourth-order valence-corrected chi connectivity index (χ4v) is 1.79. The number of aryl methyl sites for hydroxylation is 2. The highest BCUT2D eigenvalue weighted by Crippen LogP contribution is 2.16. The van der Waals surface area contributed by atoms with Crippen LogP contribution in [0.15, 0.2) is 30.5 Å². The molecule has 2 aromatic rings. The Hall–Kier alpha value is -2.30. The molecular formula is C14H16N2O3. The van der Waals surface area contributed by atoms with Gasteiger partial charge in [-0.3, -0.25) is 4.68 Å². The zero-order valence-corrected chi connectivity index (χ0v) is 11.0. The number of carboxylic acid groups (broad SMARTS) is 1. The lowest BCUT2D eigenvalue weighted by molar-refractivity contribution is 0.0693. The Kier molecular flexibility index (Phi) is 3.85. The summed E-state index contributed by atoms with van der Waals surface area (Å²) in [6.45, 7) is 2.27. The molecule has 5 nitrogen and oxygen atoms in total. The van der Waals surface area contributed by atoms with Crippen LogP contribution in [-0.2, 0) is 20.1 Å². The Bertz CT molecular complexity index is 573. The summed E-state index contributed by atoms with van der Waals surface area (Å²) in [5.74, 6) is -0.275. The van der Waals surface area contributed by atoms with Crippen LogP contribution < -0.4 is 4.74 Å². The van der Waals surface area contributed by atoms with E-state index in [1.807, 2.05) is 24.3 Å². The van der Waals surface area contributed by atoms with Crippen molar-refractivity contribution in [2.75, 3.05) is 0 Å². The molecule has 0 amide bonds. The van der Waals surface area contributed by atoms with Gasteiger partial charge >= 0.3 is 5.97 Å². The van der Waals surface area contributed by atoms with Crippen LogP contribution in [0.2, 0.25) is 0 Å². The molecule has 100 valence electrons. The minimum absolute atomic E-state index is 0.174. The molecule has 19 heavy (non-hydrogen) atoms. The molecular weight excluding hydrogens is 244 g/mol. The third kappa shape index (κ3) is 2.93.